The smallest absolute Gasteiger partial charge is 0.335 e. The quantitative estimate of drug-likeness (QED) is 0.709. The van der Waals surface area contributed by atoms with Gasteiger partial charge in [-0.3, -0.25) is 0 Å². The van der Waals surface area contributed by atoms with Crippen molar-refractivity contribution in [2.45, 2.75) is 74.0 Å². The molecule has 2 unspecified atom stereocenters. The fourth-order valence-electron chi connectivity index (χ4n) is 2.08. The molecule has 150 valence electrons. The van der Waals surface area contributed by atoms with Crippen LogP contribution in [0.4, 0.5) is 0 Å². The lowest BCUT2D eigenvalue weighted by molar-refractivity contribution is -0.161. The number of benzene rings is 1. The van der Waals surface area contributed by atoms with Crippen LogP contribution in [0.3, 0.4) is 0 Å². The van der Waals surface area contributed by atoms with Gasteiger partial charge in [0.25, 0.3) is 0 Å². The number of carbonyl (C=O) groups is 2. The van der Waals surface area contributed by atoms with Crippen molar-refractivity contribution in [1.29, 1.82) is 0 Å². The molecule has 0 aliphatic heterocycles. The molecule has 26 heavy (non-hydrogen) atoms. The highest BCUT2D eigenvalue weighted by atomic mass is 16.6. The molecular weight excluding hydrogens is 332 g/mol. The van der Waals surface area contributed by atoms with Crippen molar-refractivity contribution in [2.75, 3.05) is 0 Å². The largest absolute Gasteiger partial charge is 0.478 e. The molecule has 0 fully saturated rings. The zero-order chi connectivity index (χ0) is 19.7. The van der Waals surface area contributed by atoms with Crippen LogP contribution in [0.15, 0.2) is 24.3 Å². The first-order valence-corrected chi connectivity index (χ1v) is 8.69. The molecule has 0 bridgehead atoms. The molecule has 0 amide bonds. The lowest BCUT2D eigenvalue weighted by Crippen LogP contribution is -2.33. The summed E-state index contributed by atoms with van der Waals surface area (Å²) in [6.45, 7) is 13.3. The number of rotatable bonds is 6. The van der Waals surface area contributed by atoms with Gasteiger partial charge in [0.2, 0.25) is 0 Å². The number of esters is 1. The summed E-state index contributed by atoms with van der Waals surface area (Å²) in [4.78, 5) is 22.0. The standard InChI is InChI=1S/C10H20O3.C10H12O2.CH4/c1-6(2)8(5)9(11)10(12)13-7(3)4;1-7(2)8-5-3-4-6-9(8)10(11)12;/h6-9,11H,1-5H3;3-7H,1-2H3,(H,11,12);1H4. The van der Waals surface area contributed by atoms with E-state index in [4.69, 9.17) is 9.84 Å². The van der Waals surface area contributed by atoms with Gasteiger partial charge in [-0.25, -0.2) is 9.59 Å². The monoisotopic (exact) mass is 368 g/mol. The van der Waals surface area contributed by atoms with Crippen molar-refractivity contribution in [3.63, 3.8) is 0 Å². The van der Waals surface area contributed by atoms with E-state index in [1.807, 2.05) is 46.8 Å². The molecule has 0 saturated carbocycles. The fourth-order valence-corrected chi connectivity index (χ4v) is 2.08. The summed E-state index contributed by atoms with van der Waals surface area (Å²) in [7, 11) is 0. The van der Waals surface area contributed by atoms with Gasteiger partial charge in [0, 0.05) is 0 Å². The Bertz CT molecular complexity index is 549. The molecule has 0 radical (unpaired) electrons. The molecule has 0 heterocycles. The molecule has 1 rings (SSSR count). The van der Waals surface area contributed by atoms with Crippen LogP contribution in [0.2, 0.25) is 0 Å². The number of hydrogen-bond donors (Lipinski definition) is 2. The Labute approximate surface area is 158 Å². The molecule has 0 saturated heterocycles. The Morgan fingerprint density at radius 1 is 0.962 bits per heavy atom. The van der Waals surface area contributed by atoms with E-state index in [0.29, 0.717) is 5.56 Å². The van der Waals surface area contributed by atoms with Crippen molar-refractivity contribution >= 4 is 11.9 Å². The molecule has 5 nitrogen and oxygen atoms in total. The van der Waals surface area contributed by atoms with Crippen LogP contribution in [0, 0.1) is 11.8 Å². The number of aliphatic hydroxyl groups excluding tert-OH is 1. The van der Waals surface area contributed by atoms with E-state index in [2.05, 4.69) is 0 Å². The molecule has 1 aromatic carbocycles. The Balaban J connectivity index is 0. The first kappa shape index (κ1) is 26.4. The molecule has 1 aromatic rings. The van der Waals surface area contributed by atoms with Crippen molar-refractivity contribution in [3.05, 3.63) is 35.4 Å². The van der Waals surface area contributed by atoms with E-state index in [-0.39, 0.29) is 31.3 Å². The maximum absolute atomic E-state index is 11.2. The fraction of sp³-hybridized carbons (Fsp3) is 0.619. The van der Waals surface area contributed by atoms with Crippen LogP contribution < -0.4 is 0 Å². The molecular formula is C21H36O5. The number of hydrogen-bond acceptors (Lipinski definition) is 4. The van der Waals surface area contributed by atoms with Gasteiger partial charge in [-0.1, -0.05) is 60.2 Å². The van der Waals surface area contributed by atoms with Gasteiger partial charge in [0.1, 0.15) is 0 Å². The van der Waals surface area contributed by atoms with Gasteiger partial charge in [-0.2, -0.15) is 0 Å². The number of carboxylic acids is 1. The molecule has 0 aliphatic rings. The minimum absolute atomic E-state index is 0. The van der Waals surface area contributed by atoms with Crippen molar-refractivity contribution in [1.82, 2.24) is 0 Å². The molecule has 0 aliphatic carbocycles. The van der Waals surface area contributed by atoms with Crippen molar-refractivity contribution < 1.29 is 24.5 Å². The van der Waals surface area contributed by atoms with Gasteiger partial charge in [0.15, 0.2) is 6.10 Å². The summed E-state index contributed by atoms with van der Waals surface area (Å²) < 4.78 is 4.89. The second kappa shape index (κ2) is 12.5. The molecule has 0 spiro atoms. The zero-order valence-electron chi connectivity index (χ0n) is 16.3. The van der Waals surface area contributed by atoms with E-state index < -0.39 is 18.0 Å². The Kier molecular flexibility index (Phi) is 12.6. The maximum atomic E-state index is 11.2. The van der Waals surface area contributed by atoms with Crippen LogP contribution in [-0.4, -0.2) is 34.4 Å². The van der Waals surface area contributed by atoms with Gasteiger partial charge in [-0.15, -0.1) is 0 Å². The number of carboxylic acid groups (broad SMARTS) is 1. The summed E-state index contributed by atoms with van der Waals surface area (Å²) in [6, 6.07) is 7.10. The summed E-state index contributed by atoms with van der Waals surface area (Å²) in [5.41, 5.74) is 1.30. The Hall–Kier alpha value is -1.88. The third kappa shape index (κ3) is 8.99. The van der Waals surface area contributed by atoms with Crippen molar-refractivity contribution in [2.24, 2.45) is 11.8 Å². The average Bonchev–Trinajstić information content (AvgIpc) is 2.53. The van der Waals surface area contributed by atoms with E-state index in [0.717, 1.165) is 5.56 Å². The predicted octanol–water partition coefficient (Wildman–Crippen LogP) is 4.74. The second-order valence-electron chi connectivity index (χ2n) is 7.08. The molecule has 2 N–H and O–H groups in total. The van der Waals surface area contributed by atoms with Crippen LogP contribution in [0.1, 0.15) is 77.7 Å². The van der Waals surface area contributed by atoms with E-state index >= 15 is 0 Å². The summed E-state index contributed by atoms with van der Waals surface area (Å²) in [5, 5.41) is 18.3. The van der Waals surface area contributed by atoms with E-state index in [1.54, 1.807) is 26.0 Å². The topological polar surface area (TPSA) is 83.8 Å². The van der Waals surface area contributed by atoms with Crippen LogP contribution in [0.5, 0.6) is 0 Å². The first-order chi connectivity index (χ1) is 11.5. The summed E-state index contributed by atoms with van der Waals surface area (Å²) in [6.07, 6.45) is -1.16. The average molecular weight is 369 g/mol. The maximum Gasteiger partial charge on any atom is 0.335 e. The van der Waals surface area contributed by atoms with E-state index in [9.17, 15) is 14.7 Å². The number of aliphatic hydroxyl groups is 1. The number of carbonyl (C=O) groups excluding carboxylic acids is 1. The summed E-state index contributed by atoms with van der Waals surface area (Å²) in [5.74, 6) is -0.895. The minimum Gasteiger partial charge on any atom is -0.478 e. The third-order valence-electron chi connectivity index (χ3n) is 3.96. The Morgan fingerprint density at radius 2 is 1.46 bits per heavy atom. The number of ether oxygens (including phenoxy) is 1. The predicted molar refractivity (Wildman–Crippen MR) is 105 cm³/mol. The van der Waals surface area contributed by atoms with Crippen LogP contribution >= 0.6 is 0 Å². The van der Waals surface area contributed by atoms with Crippen molar-refractivity contribution in [3.8, 4) is 0 Å². The molecule has 2 atom stereocenters. The second-order valence-corrected chi connectivity index (χ2v) is 7.08. The highest BCUT2D eigenvalue weighted by Gasteiger charge is 2.26. The van der Waals surface area contributed by atoms with E-state index in [1.165, 1.54) is 0 Å². The lowest BCUT2D eigenvalue weighted by Gasteiger charge is -2.21. The van der Waals surface area contributed by atoms with Gasteiger partial charge in [0.05, 0.1) is 11.7 Å². The third-order valence-corrected chi connectivity index (χ3v) is 3.96. The zero-order valence-corrected chi connectivity index (χ0v) is 16.3. The van der Waals surface area contributed by atoms with Gasteiger partial charge < -0.3 is 14.9 Å². The van der Waals surface area contributed by atoms with Gasteiger partial charge >= 0.3 is 11.9 Å². The molecule has 5 heteroatoms. The normalized spacial score (nSPS) is 12.7. The van der Waals surface area contributed by atoms with Crippen LogP contribution in [0.25, 0.3) is 0 Å². The highest BCUT2D eigenvalue weighted by Crippen LogP contribution is 2.18. The van der Waals surface area contributed by atoms with Gasteiger partial charge in [-0.05, 0) is 43.2 Å². The highest BCUT2D eigenvalue weighted by molar-refractivity contribution is 5.89. The molecule has 0 aromatic heterocycles. The Morgan fingerprint density at radius 3 is 1.81 bits per heavy atom. The lowest BCUT2D eigenvalue weighted by atomic mass is 9.92. The SMILES string of the molecule is C.CC(C)OC(=O)C(O)C(C)C(C)C.CC(C)c1ccccc1C(=O)O. The summed E-state index contributed by atoms with van der Waals surface area (Å²) >= 11 is 0. The van der Waals surface area contributed by atoms with Crippen LogP contribution in [-0.2, 0) is 9.53 Å². The minimum atomic E-state index is -0.998. The first-order valence-electron chi connectivity index (χ1n) is 8.69. The number of aromatic carboxylic acids is 1.